The molecule has 1 unspecified atom stereocenters. The van der Waals surface area contributed by atoms with Crippen LogP contribution in [0, 0.1) is 6.92 Å². The molecule has 1 fully saturated rings. The molecule has 0 N–H and O–H groups in total. The standard InChI is InChI=1S/C21H24N2O2/c1-15-9-7-8-12-17(15)14-19-21(25)22(2)18(20(24)23(19)3)13-16-10-5-4-6-11-16/h4-12,18-19H,13-14H2,1-3H3/t18-,19?/m0/s1. The lowest BCUT2D eigenvalue weighted by Crippen LogP contribution is -2.63. The topological polar surface area (TPSA) is 40.6 Å². The Morgan fingerprint density at radius 2 is 1.28 bits per heavy atom. The Balaban J connectivity index is 1.81. The van der Waals surface area contributed by atoms with Crippen LogP contribution in [0.25, 0.3) is 0 Å². The van der Waals surface area contributed by atoms with Crippen molar-refractivity contribution in [3.8, 4) is 0 Å². The smallest absolute Gasteiger partial charge is 0.246 e. The van der Waals surface area contributed by atoms with Crippen molar-refractivity contribution in [2.24, 2.45) is 0 Å². The van der Waals surface area contributed by atoms with Crippen LogP contribution in [0.2, 0.25) is 0 Å². The first-order valence-corrected chi connectivity index (χ1v) is 8.61. The Bertz CT molecular complexity index is 772. The van der Waals surface area contributed by atoms with Gasteiger partial charge in [-0.05, 0) is 23.6 Å². The van der Waals surface area contributed by atoms with E-state index in [2.05, 4.69) is 0 Å². The molecule has 25 heavy (non-hydrogen) atoms. The van der Waals surface area contributed by atoms with E-state index in [0.29, 0.717) is 12.8 Å². The third-order valence-corrected chi connectivity index (χ3v) is 5.15. The van der Waals surface area contributed by atoms with Crippen molar-refractivity contribution < 1.29 is 9.59 Å². The third-order valence-electron chi connectivity index (χ3n) is 5.15. The predicted octanol–water partition coefficient (Wildman–Crippen LogP) is 2.45. The molecule has 1 aliphatic rings. The number of hydrogen-bond donors (Lipinski definition) is 0. The van der Waals surface area contributed by atoms with Crippen LogP contribution in [0.3, 0.4) is 0 Å². The number of carbonyl (C=O) groups excluding carboxylic acids is 2. The fraction of sp³-hybridized carbons (Fsp3) is 0.333. The summed E-state index contributed by atoms with van der Waals surface area (Å²) in [5.41, 5.74) is 3.31. The highest BCUT2D eigenvalue weighted by Gasteiger charge is 2.42. The van der Waals surface area contributed by atoms with Crippen molar-refractivity contribution in [2.45, 2.75) is 31.8 Å². The van der Waals surface area contributed by atoms with Gasteiger partial charge in [0.25, 0.3) is 0 Å². The van der Waals surface area contributed by atoms with Gasteiger partial charge in [0.1, 0.15) is 12.1 Å². The molecule has 0 aliphatic carbocycles. The summed E-state index contributed by atoms with van der Waals surface area (Å²) in [7, 11) is 3.49. The van der Waals surface area contributed by atoms with Crippen molar-refractivity contribution in [3.05, 3.63) is 71.3 Å². The molecule has 0 spiro atoms. The first-order valence-electron chi connectivity index (χ1n) is 8.61. The molecule has 2 amide bonds. The summed E-state index contributed by atoms with van der Waals surface area (Å²) in [6.45, 7) is 2.03. The SMILES string of the molecule is Cc1ccccc1CC1C(=O)N(C)[C@@H](Cc2ccccc2)C(=O)N1C. The van der Waals surface area contributed by atoms with E-state index >= 15 is 0 Å². The summed E-state index contributed by atoms with van der Waals surface area (Å²) in [5.74, 6) is 0.0100. The van der Waals surface area contributed by atoms with E-state index in [1.165, 1.54) is 0 Å². The minimum atomic E-state index is -0.439. The number of carbonyl (C=O) groups is 2. The molecule has 2 aromatic carbocycles. The van der Waals surface area contributed by atoms with Gasteiger partial charge in [0.15, 0.2) is 0 Å². The highest BCUT2D eigenvalue weighted by molar-refractivity contribution is 5.97. The van der Waals surface area contributed by atoms with Gasteiger partial charge in [-0.3, -0.25) is 9.59 Å². The molecule has 0 radical (unpaired) electrons. The van der Waals surface area contributed by atoms with Gasteiger partial charge in [-0.25, -0.2) is 0 Å². The van der Waals surface area contributed by atoms with Crippen LogP contribution in [0.5, 0.6) is 0 Å². The number of hydrogen-bond acceptors (Lipinski definition) is 2. The van der Waals surface area contributed by atoms with Crippen LogP contribution >= 0.6 is 0 Å². The van der Waals surface area contributed by atoms with Gasteiger partial charge in [0, 0.05) is 26.9 Å². The second-order valence-corrected chi connectivity index (χ2v) is 6.75. The molecular weight excluding hydrogens is 312 g/mol. The summed E-state index contributed by atoms with van der Waals surface area (Å²) in [6.07, 6.45) is 1.10. The molecule has 1 aliphatic heterocycles. The molecular formula is C21H24N2O2. The van der Waals surface area contributed by atoms with E-state index in [0.717, 1.165) is 16.7 Å². The molecule has 3 rings (SSSR count). The lowest BCUT2D eigenvalue weighted by Gasteiger charge is -2.42. The molecule has 4 heteroatoms. The molecule has 0 aromatic heterocycles. The van der Waals surface area contributed by atoms with Crippen LogP contribution < -0.4 is 0 Å². The maximum absolute atomic E-state index is 12.9. The first kappa shape index (κ1) is 17.2. The molecule has 4 nitrogen and oxygen atoms in total. The van der Waals surface area contributed by atoms with Crippen LogP contribution in [-0.2, 0) is 22.4 Å². The minimum absolute atomic E-state index is 0.00420. The third kappa shape index (κ3) is 3.43. The van der Waals surface area contributed by atoms with Gasteiger partial charge >= 0.3 is 0 Å². The predicted molar refractivity (Wildman–Crippen MR) is 98.1 cm³/mol. The molecule has 1 saturated heterocycles. The fourth-order valence-corrected chi connectivity index (χ4v) is 3.44. The second-order valence-electron chi connectivity index (χ2n) is 6.75. The van der Waals surface area contributed by atoms with E-state index in [-0.39, 0.29) is 11.8 Å². The zero-order valence-electron chi connectivity index (χ0n) is 15.0. The van der Waals surface area contributed by atoms with Crippen LogP contribution in [0.4, 0.5) is 0 Å². The monoisotopic (exact) mass is 336 g/mol. The zero-order chi connectivity index (χ0) is 18.0. The van der Waals surface area contributed by atoms with Crippen LogP contribution in [-0.4, -0.2) is 47.8 Å². The summed E-state index contributed by atoms with van der Waals surface area (Å²) >= 11 is 0. The quantitative estimate of drug-likeness (QED) is 0.860. The Labute approximate surface area is 149 Å². The summed E-state index contributed by atoms with van der Waals surface area (Å²) in [5, 5.41) is 0. The Morgan fingerprint density at radius 1 is 0.760 bits per heavy atom. The highest BCUT2D eigenvalue weighted by atomic mass is 16.2. The lowest BCUT2D eigenvalue weighted by molar-refractivity contribution is -0.158. The van der Waals surface area contributed by atoms with Crippen molar-refractivity contribution in [2.75, 3.05) is 14.1 Å². The fourth-order valence-electron chi connectivity index (χ4n) is 3.44. The van der Waals surface area contributed by atoms with Gasteiger partial charge in [-0.15, -0.1) is 0 Å². The largest absolute Gasteiger partial charge is 0.332 e. The van der Waals surface area contributed by atoms with E-state index < -0.39 is 12.1 Å². The highest BCUT2D eigenvalue weighted by Crippen LogP contribution is 2.22. The number of likely N-dealkylation sites (N-methyl/N-ethyl adjacent to an activating group) is 2. The van der Waals surface area contributed by atoms with Crippen molar-refractivity contribution >= 4 is 11.8 Å². The van der Waals surface area contributed by atoms with Gasteiger partial charge < -0.3 is 9.80 Å². The minimum Gasteiger partial charge on any atom is -0.332 e. The molecule has 0 saturated carbocycles. The Morgan fingerprint density at radius 3 is 1.88 bits per heavy atom. The van der Waals surface area contributed by atoms with Gasteiger partial charge in [-0.1, -0.05) is 54.6 Å². The maximum atomic E-state index is 12.9. The summed E-state index contributed by atoms with van der Waals surface area (Å²) < 4.78 is 0. The number of benzene rings is 2. The number of aryl methyl sites for hydroxylation is 1. The summed E-state index contributed by atoms with van der Waals surface area (Å²) in [4.78, 5) is 29.1. The van der Waals surface area contributed by atoms with E-state index in [1.807, 2.05) is 61.5 Å². The maximum Gasteiger partial charge on any atom is 0.246 e. The summed E-state index contributed by atoms with van der Waals surface area (Å²) in [6, 6.07) is 17.0. The van der Waals surface area contributed by atoms with Crippen molar-refractivity contribution in [1.82, 2.24) is 9.80 Å². The molecule has 2 aromatic rings. The number of amides is 2. The number of rotatable bonds is 4. The van der Waals surface area contributed by atoms with E-state index in [9.17, 15) is 9.59 Å². The number of piperazine rings is 1. The lowest BCUT2D eigenvalue weighted by atomic mass is 9.94. The molecule has 0 bridgehead atoms. The van der Waals surface area contributed by atoms with Gasteiger partial charge in [-0.2, -0.15) is 0 Å². The van der Waals surface area contributed by atoms with Crippen molar-refractivity contribution in [3.63, 3.8) is 0 Å². The van der Waals surface area contributed by atoms with Gasteiger partial charge in [0.2, 0.25) is 11.8 Å². The zero-order valence-corrected chi connectivity index (χ0v) is 15.0. The average molecular weight is 336 g/mol. The normalized spacial score (nSPS) is 20.9. The first-order chi connectivity index (χ1) is 12.0. The molecule has 130 valence electrons. The van der Waals surface area contributed by atoms with Crippen LogP contribution in [0.15, 0.2) is 54.6 Å². The van der Waals surface area contributed by atoms with E-state index in [1.54, 1.807) is 23.9 Å². The Hall–Kier alpha value is -2.62. The van der Waals surface area contributed by atoms with E-state index in [4.69, 9.17) is 0 Å². The number of nitrogens with zero attached hydrogens (tertiary/aromatic N) is 2. The molecule has 1 heterocycles. The van der Waals surface area contributed by atoms with Crippen molar-refractivity contribution in [1.29, 1.82) is 0 Å². The second kappa shape index (κ2) is 7.09. The molecule has 2 atom stereocenters. The Kier molecular flexibility index (Phi) is 4.88. The van der Waals surface area contributed by atoms with Gasteiger partial charge in [0.05, 0.1) is 0 Å². The average Bonchev–Trinajstić information content (AvgIpc) is 2.63. The van der Waals surface area contributed by atoms with Crippen LogP contribution in [0.1, 0.15) is 16.7 Å².